The molecule has 2 aliphatic heterocycles. The lowest BCUT2D eigenvalue weighted by Crippen LogP contribution is -2.44. The number of likely N-dealkylation sites (tertiary alicyclic amines) is 2. The van der Waals surface area contributed by atoms with Gasteiger partial charge < -0.3 is 10.6 Å². The van der Waals surface area contributed by atoms with Crippen LogP contribution in [-0.2, 0) is 13.1 Å². The van der Waals surface area contributed by atoms with Gasteiger partial charge in [-0.1, -0.05) is 30.7 Å². The van der Waals surface area contributed by atoms with Crippen LogP contribution in [0.3, 0.4) is 0 Å². The Bertz CT molecular complexity index is 689. The zero-order valence-corrected chi connectivity index (χ0v) is 18.0. The number of nitrogens with zero attached hydrogens (tertiary/aromatic N) is 3. The third-order valence-corrected chi connectivity index (χ3v) is 6.05. The van der Waals surface area contributed by atoms with Crippen LogP contribution in [-0.4, -0.2) is 67.2 Å². The molecule has 1 aromatic rings. The van der Waals surface area contributed by atoms with Gasteiger partial charge in [-0.25, -0.2) is 0 Å². The molecular formula is C22H34F3N5. The maximum atomic E-state index is 12.5. The number of hydrogen-bond acceptors (Lipinski definition) is 3. The molecule has 0 spiro atoms. The summed E-state index contributed by atoms with van der Waals surface area (Å²) in [5.74, 6) is 0.625. The number of benzene rings is 1. The highest BCUT2D eigenvalue weighted by Gasteiger charge is 2.34. The molecule has 0 aliphatic carbocycles. The first-order valence-corrected chi connectivity index (χ1v) is 10.9. The van der Waals surface area contributed by atoms with E-state index in [2.05, 4.69) is 51.7 Å². The molecule has 2 unspecified atom stereocenters. The summed E-state index contributed by atoms with van der Waals surface area (Å²) in [5.41, 5.74) is 2.48. The molecule has 5 nitrogen and oxygen atoms in total. The number of nitrogens with one attached hydrogen (secondary N) is 2. The highest BCUT2D eigenvalue weighted by atomic mass is 19.4. The van der Waals surface area contributed by atoms with Crippen LogP contribution in [0.15, 0.2) is 29.3 Å². The van der Waals surface area contributed by atoms with E-state index in [1.54, 1.807) is 7.05 Å². The second-order valence-corrected chi connectivity index (χ2v) is 8.54. The SMILES string of the molecule is CN=C(NCc1ccc(CN2CCCCC2C)cc1)NC1CCN(CC(F)(F)F)C1. The van der Waals surface area contributed by atoms with E-state index in [0.717, 1.165) is 12.1 Å². The Hall–Kier alpha value is -1.80. The van der Waals surface area contributed by atoms with Gasteiger partial charge in [-0.3, -0.25) is 14.8 Å². The summed E-state index contributed by atoms with van der Waals surface area (Å²) in [4.78, 5) is 8.20. The molecule has 0 aromatic heterocycles. The first kappa shape index (κ1) is 22.9. The molecule has 30 heavy (non-hydrogen) atoms. The van der Waals surface area contributed by atoms with Crippen LogP contribution in [0.2, 0.25) is 0 Å². The molecule has 0 saturated carbocycles. The number of halogens is 3. The van der Waals surface area contributed by atoms with E-state index in [9.17, 15) is 13.2 Å². The molecule has 2 aliphatic rings. The molecule has 0 bridgehead atoms. The van der Waals surface area contributed by atoms with Gasteiger partial charge in [0.25, 0.3) is 0 Å². The van der Waals surface area contributed by atoms with Gasteiger partial charge in [0.05, 0.1) is 6.54 Å². The fourth-order valence-electron chi connectivity index (χ4n) is 4.31. The Kier molecular flexibility index (Phi) is 7.99. The number of aliphatic imine (C=N–C) groups is 1. The average molecular weight is 426 g/mol. The van der Waals surface area contributed by atoms with Crippen molar-refractivity contribution in [3.8, 4) is 0 Å². The molecule has 2 N–H and O–H groups in total. The molecule has 1 aromatic carbocycles. The second kappa shape index (κ2) is 10.5. The van der Waals surface area contributed by atoms with Gasteiger partial charge >= 0.3 is 6.18 Å². The van der Waals surface area contributed by atoms with Gasteiger partial charge in [0.2, 0.25) is 0 Å². The van der Waals surface area contributed by atoms with Crippen LogP contribution < -0.4 is 10.6 Å². The lowest BCUT2D eigenvalue weighted by molar-refractivity contribution is -0.143. The zero-order chi connectivity index (χ0) is 21.6. The quantitative estimate of drug-likeness (QED) is 0.542. The van der Waals surface area contributed by atoms with Crippen LogP contribution >= 0.6 is 0 Å². The zero-order valence-electron chi connectivity index (χ0n) is 18.0. The Morgan fingerprint density at radius 3 is 2.50 bits per heavy atom. The number of piperidine rings is 1. The second-order valence-electron chi connectivity index (χ2n) is 8.54. The minimum Gasteiger partial charge on any atom is -0.352 e. The molecule has 2 fully saturated rings. The number of hydrogen-bond donors (Lipinski definition) is 2. The Morgan fingerprint density at radius 1 is 1.10 bits per heavy atom. The third-order valence-electron chi connectivity index (χ3n) is 6.05. The van der Waals surface area contributed by atoms with Gasteiger partial charge in [0.15, 0.2) is 5.96 Å². The van der Waals surface area contributed by atoms with Crippen LogP contribution in [0.25, 0.3) is 0 Å². The van der Waals surface area contributed by atoms with Crippen LogP contribution in [0.5, 0.6) is 0 Å². The highest BCUT2D eigenvalue weighted by Crippen LogP contribution is 2.20. The van der Waals surface area contributed by atoms with Crippen LogP contribution in [0.1, 0.15) is 43.7 Å². The summed E-state index contributed by atoms with van der Waals surface area (Å²) in [6.45, 7) is 5.08. The Labute approximate surface area is 177 Å². The van der Waals surface area contributed by atoms with Crippen molar-refractivity contribution in [1.82, 2.24) is 20.4 Å². The van der Waals surface area contributed by atoms with Crippen molar-refractivity contribution in [3.05, 3.63) is 35.4 Å². The minimum atomic E-state index is -4.15. The van der Waals surface area contributed by atoms with Gasteiger partial charge in [-0.05, 0) is 43.9 Å². The van der Waals surface area contributed by atoms with Gasteiger partial charge in [0, 0.05) is 45.3 Å². The van der Waals surface area contributed by atoms with Crippen LogP contribution in [0, 0.1) is 0 Å². The normalized spacial score (nSPS) is 24.2. The van der Waals surface area contributed by atoms with Crippen molar-refractivity contribution < 1.29 is 13.2 Å². The smallest absolute Gasteiger partial charge is 0.352 e. The van der Waals surface area contributed by atoms with E-state index in [-0.39, 0.29) is 6.04 Å². The number of alkyl halides is 3. The van der Waals surface area contributed by atoms with Gasteiger partial charge in [-0.2, -0.15) is 13.2 Å². The van der Waals surface area contributed by atoms with Crippen molar-refractivity contribution in [2.24, 2.45) is 4.99 Å². The first-order valence-electron chi connectivity index (χ1n) is 10.9. The summed E-state index contributed by atoms with van der Waals surface area (Å²) in [6.07, 6.45) is 0.433. The highest BCUT2D eigenvalue weighted by molar-refractivity contribution is 5.80. The maximum absolute atomic E-state index is 12.5. The molecular weight excluding hydrogens is 391 g/mol. The van der Waals surface area contributed by atoms with Crippen molar-refractivity contribution in [2.45, 2.75) is 64.0 Å². The predicted molar refractivity (Wildman–Crippen MR) is 114 cm³/mol. The first-order chi connectivity index (χ1) is 14.3. The van der Waals surface area contributed by atoms with E-state index >= 15 is 0 Å². The summed E-state index contributed by atoms with van der Waals surface area (Å²) in [5, 5.41) is 6.52. The largest absolute Gasteiger partial charge is 0.401 e. The maximum Gasteiger partial charge on any atom is 0.401 e. The van der Waals surface area contributed by atoms with Crippen molar-refractivity contribution in [2.75, 3.05) is 33.2 Å². The standard InChI is InChI=1S/C22H34F3N5/c1-17-5-3-4-11-30(17)14-19-8-6-18(7-9-19)13-27-21(26-2)28-20-10-12-29(15-20)16-22(23,24)25/h6-9,17,20H,3-5,10-16H2,1-2H3,(H2,26,27,28). The molecule has 2 heterocycles. The van der Waals surface area contributed by atoms with E-state index in [1.165, 1.54) is 36.3 Å². The Morgan fingerprint density at radius 2 is 1.83 bits per heavy atom. The van der Waals surface area contributed by atoms with Crippen molar-refractivity contribution in [3.63, 3.8) is 0 Å². The fourth-order valence-corrected chi connectivity index (χ4v) is 4.31. The molecule has 2 saturated heterocycles. The monoisotopic (exact) mass is 425 g/mol. The predicted octanol–water partition coefficient (Wildman–Crippen LogP) is 3.36. The number of guanidine groups is 1. The molecule has 168 valence electrons. The average Bonchev–Trinajstić information content (AvgIpc) is 3.13. The summed E-state index contributed by atoms with van der Waals surface area (Å²) in [7, 11) is 1.68. The topological polar surface area (TPSA) is 42.9 Å². The lowest BCUT2D eigenvalue weighted by Gasteiger charge is -2.33. The molecule has 0 radical (unpaired) electrons. The van der Waals surface area contributed by atoms with E-state index in [0.29, 0.717) is 38.1 Å². The lowest BCUT2D eigenvalue weighted by atomic mass is 10.0. The third kappa shape index (κ3) is 7.16. The molecule has 8 heteroatoms. The number of rotatable bonds is 6. The summed E-state index contributed by atoms with van der Waals surface area (Å²) in [6, 6.07) is 9.25. The molecule has 3 rings (SSSR count). The summed E-state index contributed by atoms with van der Waals surface area (Å²) < 4.78 is 37.6. The van der Waals surface area contributed by atoms with Crippen molar-refractivity contribution >= 4 is 5.96 Å². The van der Waals surface area contributed by atoms with E-state index in [4.69, 9.17) is 0 Å². The van der Waals surface area contributed by atoms with Crippen molar-refractivity contribution in [1.29, 1.82) is 0 Å². The van der Waals surface area contributed by atoms with Gasteiger partial charge in [0.1, 0.15) is 0 Å². The molecule has 0 amide bonds. The minimum absolute atomic E-state index is 0.0209. The Balaban J connectivity index is 1.43. The summed E-state index contributed by atoms with van der Waals surface area (Å²) >= 11 is 0. The van der Waals surface area contributed by atoms with E-state index in [1.807, 2.05) is 0 Å². The molecule has 2 atom stereocenters. The van der Waals surface area contributed by atoms with Gasteiger partial charge in [-0.15, -0.1) is 0 Å². The fraction of sp³-hybridized carbons (Fsp3) is 0.682. The van der Waals surface area contributed by atoms with Crippen LogP contribution in [0.4, 0.5) is 13.2 Å². The van der Waals surface area contributed by atoms with E-state index < -0.39 is 12.7 Å².